The Labute approximate surface area is 159 Å². The fraction of sp³-hybridized carbons (Fsp3) is 0.130. The van der Waals surface area contributed by atoms with Crippen molar-refractivity contribution in [3.8, 4) is 0 Å². The van der Waals surface area contributed by atoms with Gasteiger partial charge in [-0.2, -0.15) is 0 Å². The van der Waals surface area contributed by atoms with Crippen molar-refractivity contribution in [1.82, 2.24) is 10.6 Å². The summed E-state index contributed by atoms with van der Waals surface area (Å²) in [4.78, 5) is 24.9. The Balaban J connectivity index is 1.67. The summed E-state index contributed by atoms with van der Waals surface area (Å²) in [5.74, 6) is -0.298. The van der Waals surface area contributed by atoms with Crippen LogP contribution in [0.5, 0.6) is 0 Å². The molecule has 4 heteroatoms. The predicted molar refractivity (Wildman–Crippen MR) is 107 cm³/mol. The van der Waals surface area contributed by atoms with Crippen LogP contribution in [-0.4, -0.2) is 24.4 Å². The molecule has 3 rings (SSSR count). The summed E-state index contributed by atoms with van der Waals surface area (Å²) in [5.41, 5.74) is 2.31. The Hall–Kier alpha value is -3.40. The first-order valence-electron chi connectivity index (χ1n) is 8.95. The zero-order valence-electron chi connectivity index (χ0n) is 15.0. The average molecular weight is 358 g/mol. The number of benzene rings is 3. The molecule has 1 unspecified atom stereocenters. The standard InChI is InChI=1S/C23H22N2O2/c26-22(19-12-6-2-7-13-19)24-17-21(16-18-10-4-1-5-11-18)25-23(27)20-14-8-3-9-15-20/h1-15,21H,16-17H2,(H,24,26)(H,25,27). The third-order valence-electron chi connectivity index (χ3n) is 4.24. The molecule has 3 aromatic rings. The first-order chi connectivity index (χ1) is 13.2. The van der Waals surface area contributed by atoms with Crippen molar-refractivity contribution in [2.45, 2.75) is 12.5 Å². The molecular weight excluding hydrogens is 336 g/mol. The molecule has 4 nitrogen and oxygen atoms in total. The Bertz CT molecular complexity index is 865. The van der Waals surface area contributed by atoms with Crippen molar-refractivity contribution in [2.75, 3.05) is 6.54 Å². The number of carbonyl (C=O) groups is 2. The lowest BCUT2D eigenvalue weighted by molar-refractivity contribution is 0.0908. The minimum atomic E-state index is -0.215. The molecule has 2 N–H and O–H groups in total. The van der Waals surface area contributed by atoms with Gasteiger partial charge in [-0.3, -0.25) is 9.59 Å². The molecule has 0 aromatic heterocycles. The van der Waals surface area contributed by atoms with Gasteiger partial charge in [-0.1, -0.05) is 66.7 Å². The highest BCUT2D eigenvalue weighted by Crippen LogP contribution is 2.06. The van der Waals surface area contributed by atoms with Crippen molar-refractivity contribution in [1.29, 1.82) is 0 Å². The van der Waals surface area contributed by atoms with E-state index in [1.807, 2.05) is 66.7 Å². The highest BCUT2D eigenvalue weighted by Gasteiger charge is 2.16. The van der Waals surface area contributed by atoms with Gasteiger partial charge in [-0.25, -0.2) is 0 Å². The van der Waals surface area contributed by atoms with Crippen LogP contribution in [0.2, 0.25) is 0 Å². The fourth-order valence-corrected chi connectivity index (χ4v) is 2.84. The first-order valence-corrected chi connectivity index (χ1v) is 8.95. The van der Waals surface area contributed by atoms with E-state index in [0.717, 1.165) is 5.56 Å². The van der Waals surface area contributed by atoms with Gasteiger partial charge in [0.15, 0.2) is 0 Å². The normalized spacial score (nSPS) is 11.4. The molecule has 0 radical (unpaired) electrons. The van der Waals surface area contributed by atoms with E-state index in [4.69, 9.17) is 0 Å². The smallest absolute Gasteiger partial charge is 0.251 e. The average Bonchev–Trinajstić information content (AvgIpc) is 2.73. The number of amides is 2. The molecule has 0 aliphatic rings. The molecule has 0 heterocycles. The molecule has 27 heavy (non-hydrogen) atoms. The molecule has 1 atom stereocenters. The van der Waals surface area contributed by atoms with Crippen molar-refractivity contribution in [3.05, 3.63) is 108 Å². The lowest BCUT2D eigenvalue weighted by Gasteiger charge is -2.20. The minimum absolute atomic E-state index is 0.148. The van der Waals surface area contributed by atoms with E-state index in [9.17, 15) is 9.59 Å². The van der Waals surface area contributed by atoms with Crippen LogP contribution >= 0.6 is 0 Å². The molecule has 0 fully saturated rings. The van der Waals surface area contributed by atoms with Gasteiger partial charge in [-0.15, -0.1) is 0 Å². The lowest BCUT2D eigenvalue weighted by Crippen LogP contribution is -2.45. The zero-order valence-corrected chi connectivity index (χ0v) is 15.0. The van der Waals surface area contributed by atoms with Crippen LogP contribution in [0.4, 0.5) is 0 Å². The largest absolute Gasteiger partial charge is 0.350 e. The van der Waals surface area contributed by atoms with Crippen molar-refractivity contribution < 1.29 is 9.59 Å². The number of hydrogen-bond acceptors (Lipinski definition) is 2. The van der Waals surface area contributed by atoms with Crippen LogP contribution in [0.15, 0.2) is 91.0 Å². The molecule has 0 bridgehead atoms. The first kappa shape index (κ1) is 18.4. The second-order valence-corrected chi connectivity index (χ2v) is 6.30. The van der Waals surface area contributed by atoms with E-state index in [1.165, 1.54) is 0 Å². The van der Waals surface area contributed by atoms with Crippen LogP contribution in [0.3, 0.4) is 0 Å². The second-order valence-electron chi connectivity index (χ2n) is 6.30. The minimum Gasteiger partial charge on any atom is -0.350 e. The second kappa shape index (κ2) is 9.34. The molecule has 3 aromatic carbocycles. The molecule has 0 spiro atoms. The zero-order chi connectivity index (χ0) is 18.9. The van der Waals surface area contributed by atoms with E-state index in [2.05, 4.69) is 10.6 Å². The number of nitrogens with one attached hydrogen (secondary N) is 2. The van der Waals surface area contributed by atoms with Gasteiger partial charge in [0, 0.05) is 17.7 Å². The Morgan fingerprint density at radius 3 is 1.70 bits per heavy atom. The summed E-state index contributed by atoms with van der Waals surface area (Å²) < 4.78 is 0. The van der Waals surface area contributed by atoms with Crippen LogP contribution in [0.25, 0.3) is 0 Å². The van der Waals surface area contributed by atoms with E-state index < -0.39 is 0 Å². The fourth-order valence-electron chi connectivity index (χ4n) is 2.84. The van der Waals surface area contributed by atoms with Crippen LogP contribution in [-0.2, 0) is 6.42 Å². The van der Waals surface area contributed by atoms with E-state index >= 15 is 0 Å². The predicted octanol–water partition coefficient (Wildman–Crippen LogP) is 3.46. The highest BCUT2D eigenvalue weighted by atomic mass is 16.2. The molecule has 0 aliphatic carbocycles. The highest BCUT2D eigenvalue weighted by molar-refractivity contribution is 5.95. The SMILES string of the molecule is O=C(NCC(Cc1ccccc1)NC(=O)c1ccccc1)c1ccccc1. The summed E-state index contributed by atoms with van der Waals surface area (Å²) in [6, 6.07) is 27.9. The maximum absolute atomic E-state index is 12.5. The summed E-state index contributed by atoms with van der Waals surface area (Å²) in [7, 11) is 0. The molecular formula is C23H22N2O2. The Morgan fingerprint density at radius 2 is 1.15 bits per heavy atom. The molecule has 136 valence electrons. The van der Waals surface area contributed by atoms with Crippen LogP contribution in [0.1, 0.15) is 26.3 Å². The van der Waals surface area contributed by atoms with Crippen LogP contribution < -0.4 is 10.6 Å². The summed E-state index contributed by atoms with van der Waals surface area (Å²) in [6.07, 6.45) is 0.633. The number of rotatable bonds is 7. The lowest BCUT2D eigenvalue weighted by atomic mass is 10.0. The van der Waals surface area contributed by atoms with Crippen molar-refractivity contribution in [3.63, 3.8) is 0 Å². The number of hydrogen-bond donors (Lipinski definition) is 2. The van der Waals surface area contributed by atoms with Gasteiger partial charge in [0.1, 0.15) is 0 Å². The van der Waals surface area contributed by atoms with Gasteiger partial charge in [0.05, 0.1) is 6.04 Å². The number of carbonyl (C=O) groups excluding carboxylic acids is 2. The quantitative estimate of drug-likeness (QED) is 0.680. The van der Waals surface area contributed by atoms with Crippen LogP contribution in [0, 0.1) is 0 Å². The topological polar surface area (TPSA) is 58.2 Å². The maximum Gasteiger partial charge on any atom is 0.251 e. The third-order valence-corrected chi connectivity index (χ3v) is 4.24. The molecule has 2 amide bonds. The third kappa shape index (κ3) is 5.54. The van der Waals surface area contributed by atoms with Gasteiger partial charge in [-0.05, 0) is 36.2 Å². The maximum atomic E-state index is 12.5. The van der Waals surface area contributed by atoms with Crippen molar-refractivity contribution in [2.24, 2.45) is 0 Å². The summed E-state index contributed by atoms with van der Waals surface area (Å²) >= 11 is 0. The monoisotopic (exact) mass is 358 g/mol. The van der Waals surface area contributed by atoms with Gasteiger partial charge in [0.2, 0.25) is 0 Å². The van der Waals surface area contributed by atoms with Gasteiger partial charge >= 0.3 is 0 Å². The summed E-state index contributed by atoms with van der Waals surface area (Å²) in [5, 5.41) is 5.96. The van der Waals surface area contributed by atoms with Gasteiger partial charge in [0.25, 0.3) is 11.8 Å². The van der Waals surface area contributed by atoms with E-state index in [0.29, 0.717) is 24.1 Å². The molecule has 0 saturated heterocycles. The van der Waals surface area contributed by atoms with E-state index in [-0.39, 0.29) is 17.9 Å². The summed E-state index contributed by atoms with van der Waals surface area (Å²) in [6.45, 7) is 0.348. The Kier molecular flexibility index (Phi) is 6.36. The van der Waals surface area contributed by atoms with E-state index in [1.54, 1.807) is 24.3 Å². The van der Waals surface area contributed by atoms with Gasteiger partial charge < -0.3 is 10.6 Å². The molecule has 0 saturated carbocycles. The molecule has 0 aliphatic heterocycles. The Morgan fingerprint density at radius 1 is 0.667 bits per heavy atom. The van der Waals surface area contributed by atoms with Crippen molar-refractivity contribution >= 4 is 11.8 Å².